The van der Waals surface area contributed by atoms with Gasteiger partial charge in [0.25, 0.3) is 0 Å². The summed E-state index contributed by atoms with van der Waals surface area (Å²) in [5.41, 5.74) is 8.35. The molecule has 0 heterocycles. The van der Waals surface area contributed by atoms with Crippen molar-refractivity contribution in [3.05, 3.63) is 54.1 Å². The Bertz CT molecular complexity index is 451. The lowest BCUT2D eigenvalue weighted by Crippen LogP contribution is -1.96. The lowest BCUT2D eigenvalue weighted by Gasteiger charge is -2.05. The predicted molar refractivity (Wildman–Crippen MR) is 61.4 cm³/mol. The molecular weight excluding hydrogens is 186 g/mol. The van der Waals surface area contributed by atoms with Crippen molar-refractivity contribution in [1.29, 1.82) is 0 Å². The summed E-state index contributed by atoms with van der Waals surface area (Å²) in [5, 5.41) is 9.67. The van der Waals surface area contributed by atoms with Crippen molar-refractivity contribution in [3.8, 4) is 16.9 Å². The second kappa shape index (κ2) is 4.15. The van der Waals surface area contributed by atoms with Crippen LogP contribution in [0.3, 0.4) is 0 Å². The summed E-state index contributed by atoms with van der Waals surface area (Å²) >= 11 is 0. The van der Waals surface area contributed by atoms with Gasteiger partial charge < -0.3 is 10.8 Å². The minimum absolute atomic E-state index is 0.263. The highest BCUT2D eigenvalue weighted by atomic mass is 16.3. The Morgan fingerprint density at radius 3 is 2.27 bits per heavy atom. The van der Waals surface area contributed by atoms with Crippen LogP contribution < -0.4 is 5.73 Å². The number of aromatic hydroxyl groups is 1. The van der Waals surface area contributed by atoms with E-state index in [1.165, 1.54) is 0 Å². The monoisotopic (exact) mass is 199 g/mol. The van der Waals surface area contributed by atoms with Crippen molar-refractivity contribution in [1.82, 2.24) is 0 Å². The molecule has 0 aliphatic heterocycles. The van der Waals surface area contributed by atoms with Crippen LogP contribution in [0.1, 0.15) is 5.56 Å². The molecule has 3 N–H and O–H groups in total. The van der Waals surface area contributed by atoms with E-state index in [0.29, 0.717) is 6.54 Å². The molecule has 0 saturated heterocycles. The summed E-state index contributed by atoms with van der Waals surface area (Å²) in [4.78, 5) is 0. The molecule has 2 nitrogen and oxygen atoms in total. The summed E-state index contributed by atoms with van der Waals surface area (Å²) in [6, 6.07) is 15.5. The molecule has 0 aliphatic carbocycles. The number of hydrogen-bond donors (Lipinski definition) is 2. The molecule has 0 amide bonds. The normalized spacial score (nSPS) is 10.2. The summed E-state index contributed by atoms with van der Waals surface area (Å²) in [5.74, 6) is 0.263. The van der Waals surface area contributed by atoms with Crippen molar-refractivity contribution in [3.63, 3.8) is 0 Å². The van der Waals surface area contributed by atoms with E-state index in [1.54, 1.807) is 6.07 Å². The average molecular weight is 199 g/mol. The van der Waals surface area contributed by atoms with Crippen LogP contribution >= 0.6 is 0 Å². The zero-order valence-electron chi connectivity index (χ0n) is 8.35. The van der Waals surface area contributed by atoms with Gasteiger partial charge in [0.1, 0.15) is 5.75 Å². The van der Waals surface area contributed by atoms with Gasteiger partial charge in [0, 0.05) is 12.1 Å². The Balaban J connectivity index is 2.43. The number of rotatable bonds is 2. The van der Waals surface area contributed by atoms with E-state index in [9.17, 15) is 5.11 Å². The fourth-order valence-electron chi connectivity index (χ4n) is 1.55. The van der Waals surface area contributed by atoms with Gasteiger partial charge in [-0.3, -0.25) is 0 Å². The number of hydrogen-bond acceptors (Lipinski definition) is 2. The number of phenols is 1. The molecule has 76 valence electrons. The first-order chi connectivity index (χ1) is 7.31. The van der Waals surface area contributed by atoms with Gasteiger partial charge in [0.05, 0.1) is 0 Å². The molecule has 15 heavy (non-hydrogen) atoms. The van der Waals surface area contributed by atoms with Gasteiger partial charge in [0.15, 0.2) is 0 Å². The molecule has 0 unspecified atom stereocenters. The molecule has 2 rings (SSSR count). The van der Waals surface area contributed by atoms with Crippen molar-refractivity contribution >= 4 is 0 Å². The van der Waals surface area contributed by atoms with Crippen LogP contribution in [0.2, 0.25) is 0 Å². The molecule has 0 atom stereocenters. The van der Waals surface area contributed by atoms with Crippen LogP contribution in [0.25, 0.3) is 11.1 Å². The van der Waals surface area contributed by atoms with Crippen LogP contribution in [0.15, 0.2) is 48.5 Å². The molecule has 0 fully saturated rings. The Morgan fingerprint density at radius 2 is 1.67 bits per heavy atom. The molecule has 0 bridgehead atoms. The highest BCUT2D eigenvalue weighted by Crippen LogP contribution is 2.25. The first-order valence-corrected chi connectivity index (χ1v) is 4.88. The van der Waals surface area contributed by atoms with Crippen molar-refractivity contribution < 1.29 is 5.11 Å². The minimum atomic E-state index is 0.263. The number of phenolic OH excluding ortho intramolecular Hbond substituents is 1. The lowest BCUT2D eigenvalue weighted by molar-refractivity contribution is 0.468. The van der Waals surface area contributed by atoms with Gasteiger partial charge in [-0.25, -0.2) is 0 Å². The zero-order valence-corrected chi connectivity index (χ0v) is 8.35. The molecule has 0 saturated carbocycles. The predicted octanol–water partition coefficient (Wildman–Crippen LogP) is 2.52. The van der Waals surface area contributed by atoms with E-state index in [2.05, 4.69) is 0 Å². The van der Waals surface area contributed by atoms with Gasteiger partial charge in [-0.15, -0.1) is 0 Å². The molecule has 0 radical (unpaired) electrons. The van der Waals surface area contributed by atoms with Crippen LogP contribution in [-0.4, -0.2) is 5.11 Å². The van der Waals surface area contributed by atoms with Crippen LogP contribution in [0.5, 0.6) is 5.75 Å². The quantitative estimate of drug-likeness (QED) is 0.780. The smallest absolute Gasteiger partial charge is 0.120 e. The number of benzene rings is 2. The maximum absolute atomic E-state index is 9.67. The molecule has 2 aromatic carbocycles. The molecule has 2 heteroatoms. The topological polar surface area (TPSA) is 46.2 Å². The van der Waals surface area contributed by atoms with Gasteiger partial charge in [-0.1, -0.05) is 42.5 Å². The van der Waals surface area contributed by atoms with Crippen LogP contribution in [0.4, 0.5) is 0 Å². The third kappa shape index (κ3) is 2.00. The fourth-order valence-corrected chi connectivity index (χ4v) is 1.55. The molecule has 2 aromatic rings. The Hall–Kier alpha value is -1.80. The lowest BCUT2D eigenvalue weighted by atomic mass is 10.0. The highest BCUT2D eigenvalue weighted by molar-refractivity contribution is 5.65. The average Bonchev–Trinajstić information content (AvgIpc) is 2.30. The number of nitrogens with two attached hydrogens (primary N) is 1. The second-order valence-corrected chi connectivity index (χ2v) is 3.41. The van der Waals surface area contributed by atoms with Crippen LogP contribution in [0, 0.1) is 0 Å². The standard InChI is InChI=1S/C13H13NO/c14-9-12-7-6-11(8-13(12)15)10-4-2-1-3-5-10/h1-8,15H,9,14H2. The zero-order chi connectivity index (χ0) is 10.7. The van der Waals surface area contributed by atoms with Crippen molar-refractivity contribution in [2.75, 3.05) is 0 Å². The SMILES string of the molecule is NCc1ccc(-c2ccccc2)cc1O. The van der Waals surface area contributed by atoms with Crippen molar-refractivity contribution in [2.24, 2.45) is 5.73 Å². The summed E-state index contributed by atoms with van der Waals surface area (Å²) in [6.45, 7) is 0.362. The Kier molecular flexibility index (Phi) is 2.70. The first kappa shape index (κ1) is 9.74. The van der Waals surface area contributed by atoms with E-state index in [0.717, 1.165) is 16.7 Å². The largest absolute Gasteiger partial charge is 0.508 e. The molecular formula is C13H13NO. The third-order valence-electron chi connectivity index (χ3n) is 2.41. The molecule has 0 aliphatic rings. The van der Waals surface area contributed by atoms with Crippen LogP contribution in [-0.2, 0) is 6.54 Å². The Morgan fingerprint density at radius 1 is 0.933 bits per heavy atom. The Labute approximate surface area is 89.0 Å². The highest BCUT2D eigenvalue weighted by Gasteiger charge is 2.02. The maximum atomic E-state index is 9.67. The van der Waals surface area contributed by atoms with E-state index >= 15 is 0 Å². The maximum Gasteiger partial charge on any atom is 0.120 e. The summed E-state index contributed by atoms with van der Waals surface area (Å²) in [7, 11) is 0. The fraction of sp³-hybridized carbons (Fsp3) is 0.0769. The van der Waals surface area contributed by atoms with Gasteiger partial charge in [0.2, 0.25) is 0 Å². The van der Waals surface area contributed by atoms with E-state index < -0.39 is 0 Å². The minimum Gasteiger partial charge on any atom is -0.508 e. The molecule has 0 spiro atoms. The third-order valence-corrected chi connectivity index (χ3v) is 2.41. The van der Waals surface area contributed by atoms with E-state index in [1.807, 2.05) is 42.5 Å². The summed E-state index contributed by atoms with van der Waals surface area (Å²) in [6.07, 6.45) is 0. The van der Waals surface area contributed by atoms with E-state index in [-0.39, 0.29) is 5.75 Å². The van der Waals surface area contributed by atoms with Gasteiger partial charge >= 0.3 is 0 Å². The first-order valence-electron chi connectivity index (χ1n) is 4.88. The molecule has 0 aromatic heterocycles. The van der Waals surface area contributed by atoms with E-state index in [4.69, 9.17) is 5.73 Å². The summed E-state index contributed by atoms with van der Waals surface area (Å²) < 4.78 is 0. The van der Waals surface area contributed by atoms with Crippen molar-refractivity contribution in [2.45, 2.75) is 6.54 Å². The van der Waals surface area contributed by atoms with Gasteiger partial charge in [-0.2, -0.15) is 0 Å². The van der Waals surface area contributed by atoms with Gasteiger partial charge in [-0.05, 0) is 17.2 Å². The second-order valence-electron chi connectivity index (χ2n) is 3.41.